The average molecular weight is 249 g/mol. The van der Waals surface area contributed by atoms with E-state index in [1.807, 2.05) is 19.2 Å². The van der Waals surface area contributed by atoms with Crippen LogP contribution in [0.25, 0.3) is 0 Å². The molecule has 2 rings (SSSR count). The maximum atomic E-state index is 5.80. The minimum absolute atomic E-state index is 0.319. The Morgan fingerprint density at radius 3 is 2.72 bits per heavy atom. The molecule has 1 atom stereocenters. The summed E-state index contributed by atoms with van der Waals surface area (Å²) in [5.74, 6) is 2.58. The van der Waals surface area contributed by atoms with Crippen LogP contribution >= 0.6 is 0 Å². The molecule has 0 radical (unpaired) electrons. The van der Waals surface area contributed by atoms with Gasteiger partial charge >= 0.3 is 0 Å². The summed E-state index contributed by atoms with van der Waals surface area (Å²) < 4.78 is 11.2. The van der Waals surface area contributed by atoms with Crippen LogP contribution in [0.4, 0.5) is 0 Å². The van der Waals surface area contributed by atoms with Crippen molar-refractivity contribution >= 4 is 0 Å². The molecule has 100 valence electrons. The van der Waals surface area contributed by atoms with Crippen molar-refractivity contribution in [2.75, 3.05) is 20.8 Å². The van der Waals surface area contributed by atoms with E-state index >= 15 is 0 Å². The lowest BCUT2D eigenvalue weighted by atomic mass is 10.1. The highest BCUT2D eigenvalue weighted by molar-refractivity contribution is 5.43. The second-order valence-electron chi connectivity index (χ2n) is 5.00. The third-order valence-corrected chi connectivity index (χ3v) is 3.60. The van der Waals surface area contributed by atoms with Gasteiger partial charge in [0.2, 0.25) is 0 Å². The highest BCUT2D eigenvalue weighted by Gasteiger charge is 2.21. The first-order valence-corrected chi connectivity index (χ1v) is 6.72. The van der Waals surface area contributed by atoms with E-state index in [0.29, 0.717) is 6.04 Å². The third-order valence-electron chi connectivity index (χ3n) is 3.60. The van der Waals surface area contributed by atoms with Crippen molar-refractivity contribution in [2.24, 2.45) is 5.92 Å². The first-order chi connectivity index (χ1) is 8.74. The third kappa shape index (κ3) is 3.39. The van der Waals surface area contributed by atoms with Crippen LogP contribution in [0.3, 0.4) is 0 Å². The molecule has 1 aromatic carbocycles. The van der Waals surface area contributed by atoms with Crippen molar-refractivity contribution in [2.45, 2.75) is 32.2 Å². The first kappa shape index (κ1) is 13.2. The van der Waals surface area contributed by atoms with Gasteiger partial charge in [0, 0.05) is 6.04 Å². The Balaban J connectivity index is 1.99. The Hall–Kier alpha value is -1.22. The van der Waals surface area contributed by atoms with Crippen LogP contribution in [-0.2, 0) is 0 Å². The predicted octanol–water partition coefficient (Wildman–Crippen LogP) is 3.15. The zero-order chi connectivity index (χ0) is 13.0. The Bertz CT molecular complexity index is 388. The lowest BCUT2D eigenvalue weighted by molar-refractivity contribution is 0.282. The van der Waals surface area contributed by atoms with Gasteiger partial charge in [0.05, 0.1) is 13.7 Å². The van der Waals surface area contributed by atoms with Crippen LogP contribution in [0.1, 0.15) is 37.8 Å². The maximum Gasteiger partial charge on any atom is 0.161 e. The summed E-state index contributed by atoms with van der Waals surface area (Å²) in [5, 5.41) is 3.22. The van der Waals surface area contributed by atoms with Crippen LogP contribution in [0.5, 0.6) is 11.5 Å². The van der Waals surface area contributed by atoms with E-state index in [1.54, 1.807) is 7.11 Å². The predicted molar refractivity (Wildman–Crippen MR) is 73.3 cm³/mol. The highest BCUT2D eigenvalue weighted by atomic mass is 16.5. The van der Waals surface area contributed by atoms with Gasteiger partial charge in [-0.3, -0.25) is 0 Å². The smallest absolute Gasteiger partial charge is 0.161 e. The van der Waals surface area contributed by atoms with Gasteiger partial charge in [0.15, 0.2) is 11.5 Å². The molecular formula is C15H23NO2. The monoisotopic (exact) mass is 249 g/mol. The Kier molecular flexibility index (Phi) is 4.48. The molecule has 0 bridgehead atoms. The van der Waals surface area contributed by atoms with Crippen molar-refractivity contribution in [3.8, 4) is 11.5 Å². The molecular weight excluding hydrogens is 226 g/mol. The van der Waals surface area contributed by atoms with Crippen LogP contribution in [-0.4, -0.2) is 20.8 Å². The van der Waals surface area contributed by atoms with E-state index in [9.17, 15) is 0 Å². The van der Waals surface area contributed by atoms with Crippen molar-refractivity contribution in [3.63, 3.8) is 0 Å². The van der Waals surface area contributed by atoms with E-state index in [-0.39, 0.29) is 0 Å². The minimum Gasteiger partial charge on any atom is -0.493 e. The molecule has 0 saturated heterocycles. The minimum atomic E-state index is 0.319. The normalized spacial score (nSPS) is 16.4. The van der Waals surface area contributed by atoms with Crippen molar-refractivity contribution < 1.29 is 9.47 Å². The molecule has 1 N–H and O–H groups in total. The van der Waals surface area contributed by atoms with E-state index in [4.69, 9.17) is 9.47 Å². The summed E-state index contributed by atoms with van der Waals surface area (Å²) in [4.78, 5) is 0. The van der Waals surface area contributed by atoms with Crippen LogP contribution in [0.2, 0.25) is 0 Å². The number of hydrogen-bond acceptors (Lipinski definition) is 3. The van der Waals surface area contributed by atoms with Gasteiger partial charge < -0.3 is 14.8 Å². The summed E-state index contributed by atoms with van der Waals surface area (Å²) in [6, 6.07) is 6.47. The Morgan fingerprint density at radius 1 is 1.33 bits per heavy atom. The molecule has 0 heterocycles. The van der Waals surface area contributed by atoms with Crippen LogP contribution in [0.15, 0.2) is 18.2 Å². The lowest BCUT2D eigenvalue weighted by Gasteiger charge is -2.15. The van der Waals surface area contributed by atoms with Gasteiger partial charge in [-0.15, -0.1) is 0 Å². The summed E-state index contributed by atoms with van der Waals surface area (Å²) in [5.41, 5.74) is 1.21. The van der Waals surface area contributed by atoms with Gasteiger partial charge in [0.1, 0.15) is 0 Å². The average Bonchev–Trinajstić information content (AvgIpc) is 3.22. The number of rotatable bonds is 7. The Morgan fingerprint density at radius 2 is 2.11 bits per heavy atom. The van der Waals surface area contributed by atoms with Gasteiger partial charge in [-0.05, 0) is 44.0 Å². The van der Waals surface area contributed by atoms with E-state index in [0.717, 1.165) is 30.4 Å². The summed E-state index contributed by atoms with van der Waals surface area (Å²) in [6.07, 6.45) is 3.91. The number of nitrogens with one attached hydrogen (secondary N) is 1. The quantitative estimate of drug-likeness (QED) is 0.805. The van der Waals surface area contributed by atoms with Crippen LogP contribution in [0, 0.1) is 5.92 Å². The first-order valence-electron chi connectivity index (χ1n) is 6.72. The molecule has 0 aromatic heterocycles. The molecule has 1 fully saturated rings. The van der Waals surface area contributed by atoms with E-state index in [1.165, 1.54) is 18.4 Å². The zero-order valence-electron chi connectivity index (χ0n) is 11.5. The largest absolute Gasteiger partial charge is 0.493 e. The molecule has 18 heavy (non-hydrogen) atoms. The molecule has 3 nitrogen and oxygen atoms in total. The molecule has 0 amide bonds. The second kappa shape index (κ2) is 6.10. The molecule has 1 unspecified atom stereocenters. The van der Waals surface area contributed by atoms with Crippen molar-refractivity contribution in [1.29, 1.82) is 0 Å². The molecule has 3 heteroatoms. The fourth-order valence-electron chi connectivity index (χ4n) is 1.98. The van der Waals surface area contributed by atoms with Gasteiger partial charge in [-0.2, -0.15) is 0 Å². The topological polar surface area (TPSA) is 30.5 Å². The fourth-order valence-corrected chi connectivity index (χ4v) is 1.98. The lowest BCUT2D eigenvalue weighted by Crippen LogP contribution is -2.12. The maximum absolute atomic E-state index is 5.80. The summed E-state index contributed by atoms with van der Waals surface area (Å²) in [6.45, 7) is 2.92. The highest BCUT2D eigenvalue weighted by Crippen LogP contribution is 2.34. The molecule has 1 aromatic rings. The SMILES string of the molecule is CNC(C)c1ccc(OCCC2CC2)c(OC)c1. The molecule has 1 saturated carbocycles. The molecule has 1 aliphatic rings. The van der Waals surface area contributed by atoms with E-state index < -0.39 is 0 Å². The Labute approximate surface area is 109 Å². The van der Waals surface area contributed by atoms with Gasteiger partial charge in [-0.1, -0.05) is 18.9 Å². The van der Waals surface area contributed by atoms with Gasteiger partial charge in [0.25, 0.3) is 0 Å². The second-order valence-corrected chi connectivity index (χ2v) is 5.00. The number of hydrogen-bond donors (Lipinski definition) is 1. The molecule has 0 aliphatic heterocycles. The number of benzene rings is 1. The van der Waals surface area contributed by atoms with Gasteiger partial charge in [-0.25, -0.2) is 0 Å². The fraction of sp³-hybridized carbons (Fsp3) is 0.600. The number of methoxy groups -OCH3 is 1. The summed E-state index contributed by atoms with van der Waals surface area (Å²) in [7, 11) is 3.65. The van der Waals surface area contributed by atoms with E-state index in [2.05, 4.69) is 18.3 Å². The summed E-state index contributed by atoms with van der Waals surface area (Å²) >= 11 is 0. The standard InChI is InChI=1S/C15H23NO2/c1-11(16-2)13-6-7-14(15(10-13)17-3)18-9-8-12-4-5-12/h6-7,10-12,16H,4-5,8-9H2,1-3H3. The van der Waals surface area contributed by atoms with Crippen molar-refractivity contribution in [1.82, 2.24) is 5.32 Å². The molecule has 0 spiro atoms. The zero-order valence-corrected chi connectivity index (χ0v) is 11.5. The van der Waals surface area contributed by atoms with Crippen LogP contribution < -0.4 is 14.8 Å². The van der Waals surface area contributed by atoms with Crippen molar-refractivity contribution in [3.05, 3.63) is 23.8 Å². The number of ether oxygens (including phenoxy) is 2. The molecule has 1 aliphatic carbocycles.